The Morgan fingerprint density at radius 3 is 2.29 bits per heavy atom. The molecule has 2 aromatic carbocycles. The van der Waals surface area contributed by atoms with E-state index in [0.29, 0.717) is 12.8 Å². The average Bonchev–Trinajstić information content (AvgIpc) is 2.96. The number of benzene rings is 2. The number of cyclic esters (lactones) is 1. The molecule has 0 spiro atoms. The topological polar surface area (TPSA) is 46.6 Å². The van der Waals surface area contributed by atoms with Crippen molar-refractivity contribution in [2.24, 2.45) is 0 Å². The van der Waals surface area contributed by atoms with Gasteiger partial charge in [-0.1, -0.05) is 76.6 Å². The van der Waals surface area contributed by atoms with Gasteiger partial charge in [-0.05, 0) is 24.0 Å². The quantitative estimate of drug-likeness (QED) is 0.736. The van der Waals surface area contributed by atoms with E-state index >= 15 is 0 Å². The van der Waals surface area contributed by atoms with Crippen LogP contribution < -0.4 is 0 Å². The van der Waals surface area contributed by atoms with E-state index in [9.17, 15) is 9.59 Å². The van der Waals surface area contributed by atoms with Gasteiger partial charge in [0, 0.05) is 0 Å². The number of nitrogens with zero attached hydrogens (tertiary/aromatic N) is 1. The highest BCUT2D eigenvalue weighted by Gasteiger charge is 2.40. The van der Waals surface area contributed by atoms with Crippen LogP contribution in [0.5, 0.6) is 0 Å². The number of amides is 2. The molecule has 1 saturated heterocycles. The molecule has 5 heteroatoms. The smallest absolute Gasteiger partial charge is 0.417 e. The summed E-state index contributed by atoms with van der Waals surface area (Å²) in [6, 6.07) is 19.3. The van der Waals surface area contributed by atoms with Crippen molar-refractivity contribution in [2.75, 3.05) is 6.61 Å². The van der Waals surface area contributed by atoms with Crippen LogP contribution in [0.1, 0.15) is 11.1 Å². The van der Waals surface area contributed by atoms with E-state index in [0.717, 1.165) is 11.1 Å². The minimum absolute atomic E-state index is 0.241. The molecule has 0 aromatic heterocycles. The fourth-order valence-electron chi connectivity index (χ4n) is 2.83. The Morgan fingerprint density at radius 2 is 1.67 bits per heavy atom. The minimum Gasteiger partial charge on any atom is -0.447 e. The molecule has 1 fully saturated rings. The maximum Gasteiger partial charge on any atom is 0.417 e. The van der Waals surface area contributed by atoms with Crippen LogP contribution in [0.15, 0.2) is 60.7 Å². The zero-order valence-electron chi connectivity index (χ0n) is 13.1. The third kappa shape index (κ3) is 3.85. The van der Waals surface area contributed by atoms with Crippen molar-refractivity contribution in [3.8, 4) is 0 Å². The molecule has 1 aliphatic heterocycles. The molecule has 0 bridgehead atoms. The van der Waals surface area contributed by atoms with Crippen molar-refractivity contribution in [3.05, 3.63) is 71.8 Å². The van der Waals surface area contributed by atoms with Crippen LogP contribution in [0.4, 0.5) is 4.79 Å². The van der Waals surface area contributed by atoms with Gasteiger partial charge in [0.05, 0.1) is 10.9 Å². The Balaban J connectivity index is 1.70. The number of alkyl halides is 1. The fraction of sp³-hybridized carbons (Fsp3) is 0.263. The summed E-state index contributed by atoms with van der Waals surface area (Å²) >= 11 is 3.43. The molecule has 1 aliphatic rings. The second-order valence-corrected chi connectivity index (χ2v) is 6.89. The van der Waals surface area contributed by atoms with Crippen LogP contribution in [0.25, 0.3) is 0 Å². The predicted octanol–water partition coefficient (Wildman–Crippen LogP) is 3.58. The first-order chi connectivity index (χ1) is 11.6. The van der Waals surface area contributed by atoms with E-state index in [1.165, 1.54) is 4.90 Å². The van der Waals surface area contributed by atoms with E-state index in [1.54, 1.807) is 0 Å². The van der Waals surface area contributed by atoms with Gasteiger partial charge in [0.2, 0.25) is 5.91 Å². The zero-order valence-corrected chi connectivity index (χ0v) is 14.7. The van der Waals surface area contributed by atoms with Crippen molar-refractivity contribution in [3.63, 3.8) is 0 Å². The van der Waals surface area contributed by atoms with Gasteiger partial charge in [-0.25, -0.2) is 9.69 Å². The summed E-state index contributed by atoms with van der Waals surface area (Å²) in [4.78, 5) is 25.6. The van der Waals surface area contributed by atoms with Crippen LogP contribution in [0.2, 0.25) is 0 Å². The molecular formula is C19H18BrNO3. The Hall–Kier alpha value is -2.14. The zero-order chi connectivity index (χ0) is 16.9. The van der Waals surface area contributed by atoms with Crippen LogP contribution in [0.3, 0.4) is 0 Å². The van der Waals surface area contributed by atoms with Gasteiger partial charge in [0.15, 0.2) is 0 Å². The lowest BCUT2D eigenvalue weighted by Crippen LogP contribution is -2.44. The first-order valence-corrected chi connectivity index (χ1v) is 8.78. The normalized spacial score (nSPS) is 18.3. The summed E-state index contributed by atoms with van der Waals surface area (Å²) in [7, 11) is 0. The van der Waals surface area contributed by atoms with Crippen LogP contribution in [0, 0.1) is 0 Å². The molecule has 124 valence electrons. The molecule has 2 atom stereocenters. The summed E-state index contributed by atoms with van der Waals surface area (Å²) in [5.74, 6) is -0.248. The maximum atomic E-state index is 12.7. The van der Waals surface area contributed by atoms with Crippen LogP contribution in [-0.4, -0.2) is 34.4 Å². The number of rotatable bonds is 5. The van der Waals surface area contributed by atoms with Gasteiger partial charge in [-0.15, -0.1) is 0 Å². The van der Waals surface area contributed by atoms with E-state index in [4.69, 9.17) is 4.74 Å². The lowest BCUT2D eigenvalue weighted by atomic mass is 10.0. The Morgan fingerprint density at radius 1 is 1.08 bits per heavy atom. The second kappa shape index (κ2) is 7.62. The summed E-state index contributed by atoms with van der Waals surface area (Å²) < 4.78 is 5.12. The SMILES string of the molecule is O=C1OC[C@H](Cc2ccccc2)N1C(=O)[C@@H](Br)Cc1ccccc1. The Kier molecular flexibility index (Phi) is 5.30. The molecule has 0 unspecified atom stereocenters. The average molecular weight is 388 g/mol. The van der Waals surface area contributed by atoms with Gasteiger partial charge < -0.3 is 4.74 Å². The first-order valence-electron chi connectivity index (χ1n) is 7.87. The number of hydrogen-bond donors (Lipinski definition) is 0. The highest BCUT2D eigenvalue weighted by atomic mass is 79.9. The van der Waals surface area contributed by atoms with Crippen molar-refractivity contribution >= 4 is 27.9 Å². The minimum atomic E-state index is -0.557. The van der Waals surface area contributed by atoms with E-state index < -0.39 is 10.9 Å². The number of halogens is 1. The molecule has 4 nitrogen and oxygen atoms in total. The highest BCUT2D eigenvalue weighted by molar-refractivity contribution is 9.10. The summed E-state index contributed by atoms with van der Waals surface area (Å²) in [5, 5.41) is 0. The number of carbonyl (C=O) groups excluding carboxylic acids is 2. The van der Waals surface area contributed by atoms with Gasteiger partial charge >= 0.3 is 6.09 Å². The van der Waals surface area contributed by atoms with Crippen molar-refractivity contribution in [2.45, 2.75) is 23.7 Å². The van der Waals surface area contributed by atoms with Crippen molar-refractivity contribution in [1.82, 2.24) is 4.90 Å². The summed E-state index contributed by atoms with van der Waals surface area (Å²) in [5.41, 5.74) is 2.12. The van der Waals surface area contributed by atoms with Crippen molar-refractivity contribution in [1.29, 1.82) is 0 Å². The second-order valence-electron chi connectivity index (χ2n) is 5.79. The highest BCUT2D eigenvalue weighted by Crippen LogP contribution is 2.22. The Bertz CT molecular complexity index is 705. The molecule has 0 saturated carbocycles. The van der Waals surface area contributed by atoms with E-state index in [1.807, 2.05) is 60.7 Å². The van der Waals surface area contributed by atoms with Crippen molar-refractivity contribution < 1.29 is 14.3 Å². The molecule has 3 rings (SSSR count). The van der Waals surface area contributed by atoms with Gasteiger partial charge in [0.1, 0.15) is 6.61 Å². The molecule has 24 heavy (non-hydrogen) atoms. The first kappa shape index (κ1) is 16.7. The summed E-state index contributed by atoms with van der Waals surface area (Å²) in [6.45, 7) is 0.241. The van der Waals surface area contributed by atoms with Gasteiger partial charge in [-0.2, -0.15) is 0 Å². The molecule has 2 aromatic rings. The predicted molar refractivity (Wildman–Crippen MR) is 95.0 cm³/mol. The van der Waals surface area contributed by atoms with E-state index in [-0.39, 0.29) is 18.6 Å². The number of hydrogen-bond acceptors (Lipinski definition) is 3. The molecule has 0 aliphatic carbocycles. The van der Waals surface area contributed by atoms with Gasteiger partial charge in [-0.3, -0.25) is 4.79 Å². The van der Waals surface area contributed by atoms with E-state index in [2.05, 4.69) is 15.9 Å². The number of imide groups is 1. The fourth-order valence-corrected chi connectivity index (χ4v) is 3.42. The van der Waals surface area contributed by atoms with Crippen LogP contribution >= 0.6 is 15.9 Å². The lowest BCUT2D eigenvalue weighted by molar-refractivity contribution is -0.128. The summed E-state index contributed by atoms with van der Waals surface area (Å²) in [6.07, 6.45) is 0.573. The molecule has 1 heterocycles. The molecule has 2 amide bonds. The maximum absolute atomic E-state index is 12.7. The molecule has 0 N–H and O–H groups in total. The largest absolute Gasteiger partial charge is 0.447 e. The monoisotopic (exact) mass is 387 g/mol. The van der Waals surface area contributed by atoms with Gasteiger partial charge in [0.25, 0.3) is 0 Å². The third-order valence-electron chi connectivity index (χ3n) is 4.04. The Labute approximate surface area is 149 Å². The molecule has 0 radical (unpaired) electrons. The third-order valence-corrected chi connectivity index (χ3v) is 4.75. The standard InChI is InChI=1S/C19H18BrNO3/c20-17(12-15-9-5-2-6-10-15)18(22)21-16(13-24-19(21)23)11-14-7-3-1-4-8-14/h1-10,16-17H,11-13H2/t16-,17-/m0/s1. The van der Waals surface area contributed by atoms with Crippen LogP contribution in [-0.2, 0) is 22.4 Å². The number of ether oxygens (including phenoxy) is 1. The number of carbonyl (C=O) groups is 2. The molecular weight excluding hydrogens is 370 g/mol. The lowest BCUT2D eigenvalue weighted by Gasteiger charge is -2.22.